The third kappa shape index (κ3) is 3.95. The molecule has 1 aliphatic rings. The molecule has 2 aromatic heterocycles. The number of hydrogen-bond donors (Lipinski definition) is 3. The van der Waals surface area contributed by atoms with Crippen LogP contribution in [0.25, 0.3) is 21.7 Å². The molecule has 2 atom stereocenters. The Morgan fingerprint density at radius 1 is 1.18 bits per heavy atom. The van der Waals surface area contributed by atoms with Gasteiger partial charge >= 0.3 is 5.97 Å². The highest BCUT2D eigenvalue weighted by Crippen LogP contribution is 2.47. The van der Waals surface area contributed by atoms with Crippen molar-refractivity contribution in [1.82, 2.24) is 10.3 Å². The van der Waals surface area contributed by atoms with Gasteiger partial charge in [0, 0.05) is 40.0 Å². The lowest BCUT2D eigenvalue weighted by atomic mass is 9.78. The molecule has 5 rings (SSSR count). The van der Waals surface area contributed by atoms with Crippen molar-refractivity contribution in [2.75, 3.05) is 13.1 Å². The summed E-state index contributed by atoms with van der Waals surface area (Å²) in [7, 11) is 0. The lowest BCUT2D eigenvalue weighted by Gasteiger charge is -2.25. The maximum Gasteiger partial charge on any atom is 0.339 e. The predicted octanol–water partition coefficient (Wildman–Crippen LogP) is 5.60. The first-order valence-corrected chi connectivity index (χ1v) is 11.5. The molecule has 3 heterocycles. The minimum absolute atomic E-state index is 0.0827. The molecule has 0 saturated carbocycles. The summed E-state index contributed by atoms with van der Waals surface area (Å²) in [4.78, 5) is 16.3. The van der Waals surface area contributed by atoms with Crippen LogP contribution < -0.4 is 5.32 Å². The maximum atomic E-state index is 12.2. The van der Waals surface area contributed by atoms with Crippen molar-refractivity contribution in [1.29, 1.82) is 0 Å². The molecule has 1 aliphatic heterocycles. The number of phenols is 1. The van der Waals surface area contributed by atoms with Gasteiger partial charge in [-0.25, -0.2) is 4.79 Å². The average molecular weight is 445 g/mol. The Hall–Kier alpha value is -3.38. The standard InChI is InChI=1S/C27H28N2O4/c1-16-4-5-19-21(13-16)25(30)23(24-22(27(31)32)15-33-26(19)24)20(18-7-11-29-12-8-18)14-17-3-2-9-28-10-6-17/h4-5,7-8,11-13,15,17,20,28,30H,2-3,6,9-10,14H2,1H3,(H,31,32). The van der Waals surface area contributed by atoms with E-state index in [0.29, 0.717) is 27.8 Å². The number of aromatic nitrogens is 1. The summed E-state index contributed by atoms with van der Waals surface area (Å²) in [5.41, 5.74) is 3.26. The first-order chi connectivity index (χ1) is 16.0. The van der Waals surface area contributed by atoms with Crippen LogP contribution in [0.4, 0.5) is 0 Å². The second kappa shape index (κ2) is 8.87. The summed E-state index contributed by atoms with van der Waals surface area (Å²) in [6.07, 6.45) is 8.88. The second-order valence-corrected chi connectivity index (χ2v) is 9.09. The molecule has 6 nitrogen and oxygen atoms in total. The van der Waals surface area contributed by atoms with Crippen LogP contribution in [0.1, 0.15) is 58.6 Å². The van der Waals surface area contributed by atoms with E-state index in [0.717, 1.165) is 55.3 Å². The molecule has 1 saturated heterocycles. The molecule has 2 aromatic carbocycles. The number of hydrogen-bond acceptors (Lipinski definition) is 5. The minimum Gasteiger partial charge on any atom is -0.507 e. The van der Waals surface area contributed by atoms with Crippen LogP contribution in [-0.4, -0.2) is 34.3 Å². The van der Waals surface area contributed by atoms with Gasteiger partial charge < -0.3 is 19.9 Å². The number of furan rings is 1. The summed E-state index contributed by atoms with van der Waals surface area (Å²) >= 11 is 0. The van der Waals surface area contributed by atoms with Crippen LogP contribution in [-0.2, 0) is 0 Å². The van der Waals surface area contributed by atoms with E-state index in [1.807, 2.05) is 37.3 Å². The number of fused-ring (bicyclic) bond motifs is 3. The average Bonchev–Trinajstić information content (AvgIpc) is 3.09. The van der Waals surface area contributed by atoms with E-state index in [1.165, 1.54) is 6.26 Å². The first kappa shape index (κ1) is 21.5. The van der Waals surface area contributed by atoms with Gasteiger partial charge in [-0.05, 0) is 75.4 Å². The van der Waals surface area contributed by atoms with Gasteiger partial charge in [0.2, 0.25) is 0 Å². The number of pyridine rings is 1. The Morgan fingerprint density at radius 2 is 2.00 bits per heavy atom. The number of carboxylic acid groups (broad SMARTS) is 1. The van der Waals surface area contributed by atoms with E-state index in [-0.39, 0.29) is 17.2 Å². The first-order valence-electron chi connectivity index (χ1n) is 11.5. The molecular weight excluding hydrogens is 416 g/mol. The van der Waals surface area contributed by atoms with Crippen molar-refractivity contribution in [3.05, 3.63) is 71.2 Å². The third-order valence-electron chi connectivity index (χ3n) is 6.94. The number of aromatic hydroxyl groups is 1. The molecule has 33 heavy (non-hydrogen) atoms. The fourth-order valence-corrected chi connectivity index (χ4v) is 5.31. The lowest BCUT2D eigenvalue weighted by molar-refractivity contribution is 0.0698. The van der Waals surface area contributed by atoms with Gasteiger partial charge in [0.15, 0.2) is 0 Å². The van der Waals surface area contributed by atoms with Crippen molar-refractivity contribution in [2.45, 2.75) is 38.5 Å². The van der Waals surface area contributed by atoms with Crippen molar-refractivity contribution in [2.24, 2.45) is 5.92 Å². The molecule has 0 radical (unpaired) electrons. The molecule has 3 N–H and O–H groups in total. The summed E-state index contributed by atoms with van der Waals surface area (Å²) in [5.74, 6) is -0.646. The van der Waals surface area contributed by atoms with Crippen LogP contribution in [0.2, 0.25) is 0 Å². The van der Waals surface area contributed by atoms with Gasteiger partial charge in [-0.3, -0.25) is 4.98 Å². The summed E-state index contributed by atoms with van der Waals surface area (Å²) in [6, 6.07) is 9.71. The fourth-order valence-electron chi connectivity index (χ4n) is 5.31. The topological polar surface area (TPSA) is 95.6 Å². The Bertz CT molecular complexity index is 1300. The lowest BCUT2D eigenvalue weighted by Crippen LogP contribution is -2.15. The summed E-state index contributed by atoms with van der Waals surface area (Å²) in [5, 5.41) is 27.0. The number of carboxylic acids is 1. The SMILES string of the molecule is Cc1ccc2c(c1)c(O)c(C(CC1CCCNCC1)c1ccncc1)c1c(C(=O)O)coc12. The summed E-state index contributed by atoms with van der Waals surface area (Å²) in [6.45, 7) is 3.97. The smallest absolute Gasteiger partial charge is 0.339 e. The second-order valence-electron chi connectivity index (χ2n) is 9.09. The van der Waals surface area contributed by atoms with Crippen LogP contribution in [0.5, 0.6) is 5.75 Å². The Kier molecular flexibility index (Phi) is 5.77. The van der Waals surface area contributed by atoms with Crippen LogP contribution in [0.15, 0.2) is 53.4 Å². The highest BCUT2D eigenvalue weighted by Gasteiger charge is 2.30. The van der Waals surface area contributed by atoms with Crippen LogP contribution in [0.3, 0.4) is 0 Å². The fraction of sp³-hybridized carbons (Fsp3) is 0.333. The maximum absolute atomic E-state index is 12.2. The van der Waals surface area contributed by atoms with E-state index in [2.05, 4.69) is 10.3 Å². The molecule has 6 heteroatoms. The highest BCUT2D eigenvalue weighted by atomic mass is 16.4. The minimum atomic E-state index is -1.06. The zero-order valence-corrected chi connectivity index (χ0v) is 18.7. The molecule has 0 spiro atoms. The van der Waals surface area contributed by atoms with Crippen molar-refractivity contribution >= 4 is 27.7 Å². The molecule has 4 aromatic rings. The molecule has 0 aliphatic carbocycles. The number of aryl methyl sites for hydroxylation is 1. The van der Waals surface area contributed by atoms with Gasteiger partial charge in [-0.1, -0.05) is 17.7 Å². The van der Waals surface area contributed by atoms with Crippen LogP contribution >= 0.6 is 0 Å². The van der Waals surface area contributed by atoms with E-state index in [4.69, 9.17) is 4.42 Å². The molecule has 0 bridgehead atoms. The number of carbonyl (C=O) groups is 1. The summed E-state index contributed by atoms with van der Waals surface area (Å²) < 4.78 is 5.84. The number of nitrogens with zero attached hydrogens (tertiary/aromatic N) is 1. The van der Waals surface area contributed by atoms with Gasteiger partial charge in [0.25, 0.3) is 0 Å². The molecule has 170 valence electrons. The number of aromatic carboxylic acids is 1. The highest BCUT2D eigenvalue weighted by molar-refractivity contribution is 6.15. The molecule has 2 unspecified atom stereocenters. The van der Waals surface area contributed by atoms with Gasteiger partial charge in [0.1, 0.15) is 23.2 Å². The largest absolute Gasteiger partial charge is 0.507 e. The van der Waals surface area contributed by atoms with Crippen molar-refractivity contribution in [3.8, 4) is 5.75 Å². The molecule has 1 fully saturated rings. The van der Waals surface area contributed by atoms with E-state index in [9.17, 15) is 15.0 Å². The van der Waals surface area contributed by atoms with Crippen molar-refractivity contribution in [3.63, 3.8) is 0 Å². The number of rotatable bonds is 5. The normalized spacial score (nSPS) is 17.8. The Morgan fingerprint density at radius 3 is 2.79 bits per heavy atom. The van der Waals surface area contributed by atoms with Crippen LogP contribution in [0, 0.1) is 12.8 Å². The van der Waals surface area contributed by atoms with E-state index in [1.54, 1.807) is 12.4 Å². The zero-order valence-electron chi connectivity index (χ0n) is 18.7. The van der Waals surface area contributed by atoms with Gasteiger partial charge in [-0.15, -0.1) is 0 Å². The number of nitrogens with one attached hydrogen (secondary N) is 1. The number of benzene rings is 2. The number of phenolic OH excluding ortho intramolecular Hbond substituents is 1. The van der Waals surface area contributed by atoms with E-state index < -0.39 is 5.97 Å². The molecular formula is C27H28N2O4. The third-order valence-corrected chi connectivity index (χ3v) is 6.94. The van der Waals surface area contributed by atoms with Gasteiger partial charge in [-0.2, -0.15) is 0 Å². The monoisotopic (exact) mass is 444 g/mol. The Balaban J connectivity index is 1.80. The van der Waals surface area contributed by atoms with Gasteiger partial charge in [0.05, 0.1) is 0 Å². The predicted molar refractivity (Wildman–Crippen MR) is 128 cm³/mol. The van der Waals surface area contributed by atoms with Crippen molar-refractivity contribution < 1.29 is 19.4 Å². The molecule has 0 amide bonds. The Labute approximate surface area is 192 Å². The van der Waals surface area contributed by atoms with E-state index >= 15 is 0 Å². The quantitative estimate of drug-likeness (QED) is 0.371. The zero-order chi connectivity index (χ0) is 22.9.